The molecule has 0 aliphatic rings. The lowest BCUT2D eigenvalue weighted by Gasteiger charge is -2.14. The van der Waals surface area contributed by atoms with Gasteiger partial charge in [0.05, 0.1) is 47.2 Å². The molecule has 13 rings (SSSR count). The Kier molecular flexibility index (Phi) is 11.5. The highest BCUT2D eigenvalue weighted by Crippen LogP contribution is 2.55. The molecule has 6 heterocycles. The molecule has 360 valence electrons. The van der Waals surface area contributed by atoms with Crippen molar-refractivity contribution < 1.29 is 0 Å². The van der Waals surface area contributed by atoms with Crippen LogP contribution in [-0.4, -0.2) is 13.7 Å². The number of hydrogen-bond donors (Lipinski definition) is 0. The number of fused-ring (bicyclic) bond motifs is 12. The van der Waals surface area contributed by atoms with Crippen LogP contribution in [0.2, 0.25) is 0 Å². The maximum Gasteiger partial charge on any atom is 0.130 e. The molecule has 0 unspecified atom stereocenters. The van der Waals surface area contributed by atoms with Gasteiger partial charge in [0.25, 0.3) is 0 Å². The number of nitrogens with zero attached hydrogens (tertiary/aromatic N) is 9. The van der Waals surface area contributed by atoms with Crippen molar-refractivity contribution in [1.82, 2.24) is 13.7 Å². The highest BCUT2D eigenvalue weighted by atomic mass is 32.1. The third-order valence-corrected chi connectivity index (χ3v) is 17.5. The number of nitriles is 6. The van der Waals surface area contributed by atoms with E-state index in [1.807, 2.05) is 91.0 Å². The summed E-state index contributed by atoms with van der Waals surface area (Å²) in [7, 11) is 0. The van der Waals surface area contributed by atoms with E-state index < -0.39 is 0 Å². The molecule has 0 saturated carbocycles. The van der Waals surface area contributed by atoms with Crippen LogP contribution < -0.4 is 0 Å². The SMILES string of the molecule is N#CC(C#N)=Cc1ccc(-c2cc3c(s2)c2c(c4c5sc(-c6ccc(C=C(C#N)C#N)cc6)cc5n(-c5ccccc5)c4c4c5sc(-c6ccc(C=C(C#N)C#N)cc6)cc5n(-c5ccccc5)c24)n3-c2ccccc2)cc1. The molecule has 0 aliphatic heterocycles. The molecule has 78 heavy (non-hydrogen) atoms. The van der Waals surface area contributed by atoms with Gasteiger partial charge in [-0.25, -0.2) is 0 Å². The second-order valence-corrected chi connectivity index (χ2v) is 21.5. The summed E-state index contributed by atoms with van der Waals surface area (Å²) in [5, 5.41) is 60.3. The molecule has 0 atom stereocenters. The van der Waals surface area contributed by atoms with Crippen molar-refractivity contribution >= 4 is 116 Å². The lowest BCUT2D eigenvalue weighted by atomic mass is 10.1. The first-order valence-corrected chi connectivity index (χ1v) is 26.9. The Labute approximate surface area is 458 Å². The second-order valence-electron chi connectivity index (χ2n) is 18.4. The van der Waals surface area contributed by atoms with Crippen molar-refractivity contribution in [1.29, 1.82) is 31.6 Å². The van der Waals surface area contributed by atoms with E-state index in [-0.39, 0.29) is 16.7 Å². The molecule has 13 aromatic rings. The Balaban J connectivity index is 1.20. The Morgan fingerprint density at radius 1 is 0.321 bits per heavy atom. The second kappa shape index (κ2) is 19.2. The van der Waals surface area contributed by atoms with E-state index >= 15 is 0 Å². The summed E-state index contributed by atoms with van der Waals surface area (Å²) in [5.41, 5.74) is 14.9. The Bertz CT molecular complexity index is 4400. The van der Waals surface area contributed by atoms with Crippen LogP contribution in [0.15, 0.2) is 199 Å². The van der Waals surface area contributed by atoms with Gasteiger partial charge in [-0.2, -0.15) is 31.6 Å². The predicted octanol–water partition coefficient (Wildman–Crippen LogP) is 17.5. The molecular weight excluding hydrogens is 1010 g/mol. The summed E-state index contributed by atoms with van der Waals surface area (Å²) in [6.45, 7) is 0. The van der Waals surface area contributed by atoms with Gasteiger partial charge < -0.3 is 13.7 Å². The van der Waals surface area contributed by atoms with E-state index in [1.165, 1.54) is 0 Å². The van der Waals surface area contributed by atoms with E-state index in [0.29, 0.717) is 0 Å². The summed E-state index contributed by atoms with van der Waals surface area (Å²) in [6.07, 6.45) is 4.80. The minimum absolute atomic E-state index is 0.0414. The quantitative estimate of drug-likeness (QED) is 0.131. The van der Waals surface area contributed by atoms with Gasteiger partial charge in [-0.15, -0.1) is 34.0 Å². The zero-order valence-electron chi connectivity index (χ0n) is 40.8. The van der Waals surface area contributed by atoms with Gasteiger partial charge >= 0.3 is 0 Å². The van der Waals surface area contributed by atoms with Gasteiger partial charge in [0, 0.05) is 47.9 Å². The van der Waals surface area contributed by atoms with E-state index in [4.69, 9.17) is 0 Å². The Morgan fingerprint density at radius 3 is 0.795 bits per heavy atom. The van der Waals surface area contributed by atoms with Crippen LogP contribution in [0, 0.1) is 68.0 Å². The van der Waals surface area contributed by atoms with Crippen LogP contribution in [0.5, 0.6) is 0 Å². The van der Waals surface area contributed by atoms with Gasteiger partial charge in [-0.3, -0.25) is 0 Å². The van der Waals surface area contributed by atoms with Gasteiger partial charge in [0.2, 0.25) is 0 Å². The topological polar surface area (TPSA) is 158 Å². The average molecular weight is 1050 g/mol. The first-order chi connectivity index (χ1) is 38.4. The van der Waals surface area contributed by atoms with Crippen molar-refractivity contribution in [3.05, 3.63) is 215 Å². The first kappa shape index (κ1) is 46.9. The minimum atomic E-state index is 0.0414. The summed E-state index contributed by atoms with van der Waals surface area (Å²) < 4.78 is 10.7. The molecule has 6 aromatic heterocycles. The number of rotatable bonds is 9. The number of allylic oxidation sites excluding steroid dienone is 3. The molecule has 12 heteroatoms. The summed E-state index contributed by atoms with van der Waals surface area (Å²) in [6, 6.07) is 74.4. The lowest BCUT2D eigenvalue weighted by molar-refractivity contribution is 1.17. The van der Waals surface area contributed by atoms with Gasteiger partial charge in [-0.05, 0) is 106 Å². The van der Waals surface area contributed by atoms with E-state index in [1.54, 1.807) is 52.2 Å². The average Bonchev–Trinajstić information content (AvgIpc) is 3.39. The van der Waals surface area contributed by atoms with Crippen LogP contribution in [0.1, 0.15) is 16.7 Å². The maximum absolute atomic E-state index is 9.50. The summed E-state index contributed by atoms with van der Waals surface area (Å²) >= 11 is 5.24. The summed E-state index contributed by atoms with van der Waals surface area (Å²) in [5.74, 6) is 0. The number of thiophene rings is 3. The van der Waals surface area contributed by atoms with Crippen molar-refractivity contribution in [3.8, 4) is 84.8 Å². The largest absolute Gasteiger partial charge is 0.308 e. The smallest absolute Gasteiger partial charge is 0.130 e. The minimum Gasteiger partial charge on any atom is -0.308 e. The van der Waals surface area contributed by atoms with Gasteiger partial charge in [-0.1, -0.05) is 127 Å². The van der Waals surface area contributed by atoms with Crippen LogP contribution in [0.25, 0.3) is 130 Å². The lowest BCUT2D eigenvalue weighted by Crippen LogP contribution is -1.98. The third-order valence-electron chi connectivity index (χ3n) is 13.9. The Morgan fingerprint density at radius 2 is 0.564 bits per heavy atom. The van der Waals surface area contributed by atoms with Crippen molar-refractivity contribution in [2.24, 2.45) is 0 Å². The predicted molar refractivity (Wildman–Crippen MR) is 317 cm³/mol. The molecular formula is C66H33N9S3. The molecule has 0 N–H and O–H groups in total. The van der Waals surface area contributed by atoms with Crippen LogP contribution in [0.3, 0.4) is 0 Å². The molecule has 0 radical (unpaired) electrons. The number of hydrogen-bond acceptors (Lipinski definition) is 9. The zero-order chi connectivity index (χ0) is 53.0. The number of para-hydroxylation sites is 3. The molecule has 0 spiro atoms. The highest BCUT2D eigenvalue weighted by Gasteiger charge is 2.32. The summed E-state index contributed by atoms with van der Waals surface area (Å²) in [4.78, 5) is 3.19. The molecule has 9 nitrogen and oxygen atoms in total. The maximum atomic E-state index is 9.50. The molecule has 0 aliphatic carbocycles. The van der Waals surface area contributed by atoms with Crippen molar-refractivity contribution in [3.63, 3.8) is 0 Å². The van der Waals surface area contributed by atoms with Crippen molar-refractivity contribution in [2.45, 2.75) is 0 Å². The third kappa shape index (κ3) is 7.67. The van der Waals surface area contributed by atoms with Gasteiger partial charge in [0.15, 0.2) is 0 Å². The first-order valence-electron chi connectivity index (χ1n) is 24.5. The van der Waals surface area contributed by atoms with E-state index in [0.717, 1.165) is 128 Å². The fraction of sp³-hybridized carbons (Fsp3) is 0. The Hall–Kier alpha value is -10.8. The van der Waals surface area contributed by atoms with Crippen LogP contribution >= 0.6 is 34.0 Å². The fourth-order valence-corrected chi connectivity index (χ4v) is 14.1. The van der Waals surface area contributed by atoms with Crippen LogP contribution in [0.4, 0.5) is 0 Å². The van der Waals surface area contributed by atoms with E-state index in [2.05, 4.69) is 141 Å². The molecule has 0 amide bonds. The standard InChI is InChI=1S/C66H33N9S3/c67-34-43(35-68)28-40-16-22-46(23-17-40)55-31-52-64(76-55)58-61(73(52)49-10-4-1-5-11-49)59-63(74(50-12-6-2-7-13-50)53-32-56(77-65(53)59)47-24-18-41(19-25-47)29-44(36-69)37-70)60-62(58)75(51-14-8-3-9-15-51)54-33-57(78-66(54)60)48-26-20-42(21-27-48)30-45(38-71)39-72/h1-33H. The molecule has 0 saturated heterocycles. The molecule has 0 bridgehead atoms. The van der Waals surface area contributed by atoms with Gasteiger partial charge in [0.1, 0.15) is 53.1 Å². The van der Waals surface area contributed by atoms with E-state index in [9.17, 15) is 31.6 Å². The fourth-order valence-electron chi connectivity index (χ4n) is 10.5. The highest BCUT2D eigenvalue weighted by molar-refractivity contribution is 7.25. The zero-order valence-corrected chi connectivity index (χ0v) is 43.3. The molecule has 0 fully saturated rings. The number of benzene rings is 7. The normalized spacial score (nSPS) is 11.0. The molecule has 7 aromatic carbocycles. The van der Waals surface area contributed by atoms with Crippen LogP contribution in [-0.2, 0) is 0 Å². The van der Waals surface area contributed by atoms with Crippen molar-refractivity contribution in [2.75, 3.05) is 0 Å². The monoisotopic (exact) mass is 1050 g/mol. The number of aromatic nitrogens is 3.